The van der Waals surface area contributed by atoms with Crippen LogP contribution in [0.15, 0.2) is 84.5 Å². The van der Waals surface area contributed by atoms with Gasteiger partial charge in [0.2, 0.25) is 6.10 Å². The van der Waals surface area contributed by atoms with E-state index >= 15 is 4.79 Å². The summed E-state index contributed by atoms with van der Waals surface area (Å²) in [5.41, 5.74) is -8.63. The number of ether oxygens (including phenoxy) is 7. The van der Waals surface area contributed by atoms with E-state index in [9.17, 15) is 39.3 Å². The third-order valence-corrected chi connectivity index (χ3v) is 13.1. The van der Waals surface area contributed by atoms with Crippen molar-refractivity contribution in [2.75, 3.05) is 13.2 Å². The molecular formula is C47H57NO16. The van der Waals surface area contributed by atoms with Gasteiger partial charge in [0.1, 0.15) is 48.3 Å². The summed E-state index contributed by atoms with van der Waals surface area (Å²) in [6, 6.07) is 14.3. The summed E-state index contributed by atoms with van der Waals surface area (Å²) in [4.78, 5) is 83.5. The smallest absolute Gasteiger partial charge is 0.455 e. The first-order valence-corrected chi connectivity index (χ1v) is 21.0. The summed E-state index contributed by atoms with van der Waals surface area (Å²) in [6.07, 6.45) is -12.0. The minimum atomic E-state index is -2.43. The molecular weight excluding hydrogens is 835 g/mol. The highest BCUT2D eigenvalue weighted by atomic mass is 16.7. The van der Waals surface area contributed by atoms with Crippen LogP contribution in [-0.4, -0.2) is 118 Å². The lowest BCUT2D eigenvalue weighted by Gasteiger charge is -2.67. The Morgan fingerprint density at radius 1 is 0.984 bits per heavy atom. The van der Waals surface area contributed by atoms with Gasteiger partial charge in [0.05, 0.1) is 29.6 Å². The molecule has 1 saturated heterocycles. The van der Waals surface area contributed by atoms with Gasteiger partial charge in [-0.25, -0.2) is 19.2 Å². The first-order valence-electron chi connectivity index (χ1n) is 21.0. The molecule has 0 radical (unpaired) electrons. The molecule has 64 heavy (non-hydrogen) atoms. The fraction of sp³-hybridized carbons (Fsp3) is 0.532. The van der Waals surface area contributed by atoms with E-state index in [0.29, 0.717) is 0 Å². The summed E-state index contributed by atoms with van der Waals surface area (Å²) >= 11 is 0. The molecule has 2 aromatic rings. The van der Waals surface area contributed by atoms with Crippen molar-refractivity contribution in [2.45, 2.75) is 128 Å². The fourth-order valence-corrected chi connectivity index (χ4v) is 9.93. The third kappa shape index (κ3) is 8.53. The number of hydrogen-bond acceptors (Lipinski definition) is 16. The van der Waals surface area contributed by atoms with Gasteiger partial charge in [0, 0.05) is 25.2 Å². The van der Waals surface area contributed by atoms with Crippen molar-refractivity contribution in [2.24, 2.45) is 16.7 Å². The second kappa shape index (κ2) is 17.7. The van der Waals surface area contributed by atoms with Crippen molar-refractivity contribution in [3.05, 3.63) is 95.6 Å². The topological polar surface area (TPSA) is 240 Å². The summed E-state index contributed by atoms with van der Waals surface area (Å²) in [5, 5.41) is 40.5. The van der Waals surface area contributed by atoms with Crippen LogP contribution < -0.4 is 5.32 Å². The molecule has 3 fully saturated rings. The highest BCUT2D eigenvalue weighted by Crippen LogP contribution is 2.64. The van der Waals surface area contributed by atoms with E-state index in [1.165, 1.54) is 45.9 Å². The van der Waals surface area contributed by atoms with Crippen LogP contribution in [0.3, 0.4) is 0 Å². The molecule has 4 N–H and O–H groups in total. The van der Waals surface area contributed by atoms with E-state index in [0.717, 1.165) is 6.92 Å². The molecule has 4 aliphatic rings. The van der Waals surface area contributed by atoms with E-state index in [2.05, 4.69) is 11.9 Å². The molecule has 2 aromatic carbocycles. The molecule has 1 unspecified atom stereocenters. The number of rotatable bonds is 11. The number of aliphatic hydroxyl groups is 3. The molecule has 6 rings (SSSR count). The lowest BCUT2D eigenvalue weighted by molar-refractivity contribution is -0.346. The number of amides is 1. The van der Waals surface area contributed by atoms with Crippen molar-refractivity contribution in [3.63, 3.8) is 0 Å². The molecule has 346 valence electrons. The van der Waals surface area contributed by atoms with Crippen molar-refractivity contribution >= 4 is 35.9 Å². The Labute approximate surface area is 371 Å². The van der Waals surface area contributed by atoms with Gasteiger partial charge < -0.3 is 53.8 Å². The maximum absolute atomic E-state index is 15.1. The van der Waals surface area contributed by atoms with E-state index in [4.69, 9.17) is 33.2 Å². The number of fused-ring (bicyclic) bond motifs is 5. The third-order valence-electron chi connectivity index (χ3n) is 13.1. The molecule has 11 atom stereocenters. The lowest BCUT2D eigenvalue weighted by Crippen LogP contribution is -2.81. The fourth-order valence-electron chi connectivity index (χ4n) is 9.93. The number of esters is 3. The molecule has 0 aromatic heterocycles. The van der Waals surface area contributed by atoms with Gasteiger partial charge in [0.25, 0.3) is 0 Å². The predicted molar refractivity (Wildman–Crippen MR) is 224 cm³/mol. The van der Waals surface area contributed by atoms with Gasteiger partial charge in [-0.2, -0.15) is 0 Å². The Hall–Kier alpha value is -5.62. The van der Waals surface area contributed by atoms with Crippen LogP contribution in [0.1, 0.15) is 90.2 Å². The van der Waals surface area contributed by atoms with Crippen LogP contribution in [-0.2, 0) is 47.5 Å². The van der Waals surface area contributed by atoms with Crippen molar-refractivity contribution in [3.8, 4) is 0 Å². The summed E-state index contributed by atoms with van der Waals surface area (Å²) in [7, 11) is 0. The molecule has 0 spiro atoms. The second-order valence-corrected chi connectivity index (χ2v) is 18.5. The number of aliphatic hydroxyl groups excluding tert-OH is 2. The number of alkyl carbamates (subject to hydrolysis) is 1. The van der Waals surface area contributed by atoms with Gasteiger partial charge >= 0.3 is 30.2 Å². The molecule has 3 aliphatic carbocycles. The number of benzene rings is 2. The number of ketones is 1. The number of carbonyl (C=O) groups is 6. The van der Waals surface area contributed by atoms with Crippen LogP contribution in [0, 0.1) is 16.7 Å². The number of Topliss-reactive ketones (excluding diaryl/α,β-unsaturated/α-hetero) is 1. The van der Waals surface area contributed by atoms with Crippen LogP contribution in [0.25, 0.3) is 0 Å². The van der Waals surface area contributed by atoms with Crippen molar-refractivity contribution in [1.82, 2.24) is 5.32 Å². The zero-order chi connectivity index (χ0) is 47.2. The van der Waals surface area contributed by atoms with Crippen molar-refractivity contribution < 1.29 is 77.2 Å². The maximum Gasteiger partial charge on any atom is 0.509 e. The predicted octanol–water partition coefficient (Wildman–Crippen LogP) is 4.61. The Bertz CT molecular complexity index is 2180. The Balaban J connectivity index is 1.52. The Kier molecular flexibility index (Phi) is 13.3. The lowest BCUT2D eigenvalue weighted by atomic mass is 9.44. The molecule has 17 nitrogen and oxygen atoms in total. The van der Waals surface area contributed by atoms with Crippen LogP contribution in [0.2, 0.25) is 0 Å². The first-order chi connectivity index (χ1) is 29.9. The van der Waals surface area contributed by atoms with Gasteiger partial charge in [0.15, 0.2) is 11.4 Å². The minimum Gasteiger partial charge on any atom is -0.455 e. The second-order valence-electron chi connectivity index (χ2n) is 18.5. The van der Waals surface area contributed by atoms with Gasteiger partial charge in [-0.1, -0.05) is 75.0 Å². The summed E-state index contributed by atoms with van der Waals surface area (Å²) in [6.45, 7) is 14.8. The van der Waals surface area contributed by atoms with Gasteiger partial charge in [-0.15, -0.1) is 0 Å². The maximum atomic E-state index is 15.1. The average Bonchev–Trinajstić information content (AvgIpc) is 3.22. The van der Waals surface area contributed by atoms with Crippen LogP contribution >= 0.6 is 0 Å². The summed E-state index contributed by atoms with van der Waals surface area (Å²) in [5.74, 6) is -5.54. The monoisotopic (exact) mass is 891 g/mol. The molecule has 2 bridgehead atoms. The normalized spacial score (nSPS) is 31.4. The van der Waals surface area contributed by atoms with Gasteiger partial charge in [-0.05, 0) is 63.5 Å². The number of hydrogen-bond donors (Lipinski definition) is 4. The zero-order valence-electron chi connectivity index (χ0n) is 37.2. The van der Waals surface area contributed by atoms with E-state index < -0.39 is 119 Å². The molecule has 1 heterocycles. The SMILES string of the molecule is C=CCOC(=O)O[C@@H](C(=O)O[C@H]1C[C@@]2(O)[C@@H](OC(=O)c3ccccc3)[C@@H]3[C@]4(OC(C)=O)CO[C@@H]4CC(O)[C@@]3(C)C(=O)[C@H](O)C(=C1C)C2(C)C)[C@@H](NC(=O)OC(C)(C)C)c1ccccc1. The first kappa shape index (κ1) is 47.8. The molecule has 1 amide bonds. The zero-order valence-corrected chi connectivity index (χ0v) is 37.2. The average molecular weight is 892 g/mol. The minimum absolute atomic E-state index is 0.0526. The van der Waals surface area contributed by atoms with Gasteiger partial charge in [-0.3, -0.25) is 9.59 Å². The Morgan fingerprint density at radius 2 is 1.61 bits per heavy atom. The van der Waals surface area contributed by atoms with Crippen LogP contribution in [0.5, 0.6) is 0 Å². The highest BCUT2D eigenvalue weighted by Gasteiger charge is 2.78. The van der Waals surface area contributed by atoms with E-state index in [-0.39, 0.29) is 41.9 Å². The standard InChI is InChI=1S/C47H57NO16/c1-10-21-58-42(56)61-35(33(27-17-13-11-14-18-27)48-41(55)64-43(4,5)6)40(54)60-29-23-47(57)38(62-39(53)28-19-15-12-16-20-28)36-45(9,37(52)34(51)32(25(29)2)44(47,7)8)30(50)22-31-46(36,24-59-31)63-26(3)49/h10-20,29-31,33-36,38,50-51,57H,1,21-24H2,2-9H3,(H,48,55)/t29-,30?,31+,33-,34+,35+,36-,38-,45+,46-,47+/m0/s1. The van der Waals surface area contributed by atoms with Crippen molar-refractivity contribution in [1.29, 1.82) is 0 Å². The van der Waals surface area contributed by atoms with Crippen LogP contribution in [0.4, 0.5) is 9.59 Å². The number of nitrogens with one attached hydrogen (secondary N) is 1. The Morgan fingerprint density at radius 3 is 2.17 bits per heavy atom. The summed E-state index contributed by atoms with van der Waals surface area (Å²) < 4.78 is 40.6. The molecule has 2 saturated carbocycles. The molecule has 17 heteroatoms. The highest BCUT2D eigenvalue weighted by molar-refractivity contribution is 5.94. The largest absolute Gasteiger partial charge is 0.509 e. The number of carbonyl (C=O) groups excluding carboxylic acids is 6. The van der Waals surface area contributed by atoms with E-state index in [1.54, 1.807) is 69.3 Å². The van der Waals surface area contributed by atoms with E-state index in [1.807, 2.05) is 0 Å². The quantitative estimate of drug-likeness (QED) is 0.137. The molecule has 1 aliphatic heterocycles.